The molecular formula is C11H10N2O3. The van der Waals surface area contributed by atoms with Crippen LogP contribution in [-0.2, 0) is 9.53 Å². The monoisotopic (exact) mass is 218 g/mol. The normalized spacial score (nSPS) is 9.00. The fourth-order valence-electron chi connectivity index (χ4n) is 1.12. The molecule has 0 unspecified atom stereocenters. The van der Waals surface area contributed by atoms with E-state index in [1.807, 2.05) is 0 Å². The van der Waals surface area contributed by atoms with Gasteiger partial charge >= 0.3 is 5.97 Å². The number of nitrogens with zero attached hydrogens (tertiary/aromatic N) is 1. The van der Waals surface area contributed by atoms with Crippen molar-refractivity contribution in [2.24, 2.45) is 0 Å². The maximum absolute atomic E-state index is 11.2. The van der Waals surface area contributed by atoms with Crippen LogP contribution in [0, 0.1) is 11.3 Å². The molecule has 0 fully saturated rings. The van der Waals surface area contributed by atoms with Gasteiger partial charge in [-0.25, -0.2) is 4.79 Å². The molecular weight excluding hydrogens is 208 g/mol. The molecule has 1 N–H and O–H groups in total. The van der Waals surface area contributed by atoms with E-state index in [2.05, 4.69) is 10.1 Å². The van der Waals surface area contributed by atoms with E-state index in [-0.39, 0.29) is 6.42 Å². The van der Waals surface area contributed by atoms with Gasteiger partial charge in [-0.3, -0.25) is 4.79 Å². The first-order valence-electron chi connectivity index (χ1n) is 4.52. The summed E-state index contributed by atoms with van der Waals surface area (Å²) in [5, 5.41) is 10.8. The molecule has 0 spiro atoms. The number of hydrogen-bond acceptors (Lipinski definition) is 4. The molecule has 1 rings (SSSR count). The highest BCUT2D eigenvalue weighted by Crippen LogP contribution is 2.11. The number of esters is 1. The quantitative estimate of drug-likeness (QED) is 0.776. The van der Waals surface area contributed by atoms with Gasteiger partial charge in [0.2, 0.25) is 5.91 Å². The van der Waals surface area contributed by atoms with Crippen molar-refractivity contribution in [2.75, 3.05) is 12.4 Å². The zero-order chi connectivity index (χ0) is 12.0. The Morgan fingerprint density at radius 1 is 1.50 bits per heavy atom. The summed E-state index contributed by atoms with van der Waals surface area (Å²) in [6, 6.07) is 8.04. The molecule has 0 atom stereocenters. The second-order valence-corrected chi connectivity index (χ2v) is 2.96. The molecule has 82 valence electrons. The second kappa shape index (κ2) is 5.51. The van der Waals surface area contributed by atoms with E-state index in [0.717, 1.165) is 0 Å². The van der Waals surface area contributed by atoms with Crippen LogP contribution in [0.2, 0.25) is 0 Å². The van der Waals surface area contributed by atoms with Gasteiger partial charge in [-0.2, -0.15) is 5.26 Å². The first-order valence-corrected chi connectivity index (χ1v) is 4.52. The van der Waals surface area contributed by atoms with E-state index in [1.165, 1.54) is 13.2 Å². The molecule has 0 saturated heterocycles. The van der Waals surface area contributed by atoms with Crippen LogP contribution < -0.4 is 5.32 Å². The molecule has 0 heterocycles. The number of ether oxygens (including phenoxy) is 1. The van der Waals surface area contributed by atoms with E-state index in [9.17, 15) is 9.59 Å². The Bertz CT molecular complexity index is 449. The van der Waals surface area contributed by atoms with E-state index in [1.54, 1.807) is 24.3 Å². The standard InChI is InChI=1S/C11H10N2O3/c1-16-11(15)8-3-2-4-9(7-8)13-10(14)5-6-12/h2-4,7H,5H2,1H3,(H,13,14). The molecule has 0 aliphatic rings. The molecule has 1 aromatic rings. The maximum atomic E-state index is 11.2. The van der Waals surface area contributed by atoms with Crippen molar-refractivity contribution in [2.45, 2.75) is 6.42 Å². The molecule has 5 nitrogen and oxygen atoms in total. The summed E-state index contributed by atoms with van der Waals surface area (Å²) in [6.07, 6.45) is -0.220. The fraction of sp³-hybridized carbons (Fsp3) is 0.182. The van der Waals surface area contributed by atoms with Crippen molar-refractivity contribution in [1.82, 2.24) is 0 Å². The van der Waals surface area contributed by atoms with Gasteiger partial charge in [-0.15, -0.1) is 0 Å². The first kappa shape index (κ1) is 11.7. The second-order valence-electron chi connectivity index (χ2n) is 2.96. The predicted molar refractivity (Wildman–Crippen MR) is 56.6 cm³/mol. The Morgan fingerprint density at radius 3 is 2.88 bits per heavy atom. The van der Waals surface area contributed by atoms with Gasteiger partial charge in [0.1, 0.15) is 6.42 Å². The largest absolute Gasteiger partial charge is 0.465 e. The molecule has 16 heavy (non-hydrogen) atoms. The van der Waals surface area contributed by atoms with Crippen LogP contribution in [0.25, 0.3) is 0 Å². The molecule has 0 aromatic heterocycles. The highest BCUT2D eigenvalue weighted by molar-refractivity contribution is 5.95. The van der Waals surface area contributed by atoms with E-state index < -0.39 is 11.9 Å². The molecule has 1 aromatic carbocycles. The number of carbonyl (C=O) groups is 2. The lowest BCUT2D eigenvalue weighted by atomic mass is 10.2. The first-order chi connectivity index (χ1) is 7.67. The Hall–Kier alpha value is -2.35. The summed E-state index contributed by atoms with van der Waals surface area (Å²) in [4.78, 5) is 22.3. The van der Waals surface area contributed by atoms with E-state index in [0.29, 0.717) is 11.3 Å². The van der Waals surface area contributed by atoms with Gasteiger partial charge < -0.3 is 10.1 Å². The molecule has 1 amide bonds. The minimum Gasteiger partial charge on any atom is -0.465 e. The SMILES string of the molecule is COC(=O)c1cccc(NC(=O)CC#N)c1. The van der Waals surface area contributed by atoms with Gasteiger partial charge in [0.15, 0.2) is 0 Å². The third-order valence-corrected chi connectivity index (χ3v) is 1.81. The molecule has 0 aliphatic carbocycles. The Balaban J connectivity index is 2.79. The fourth-order valence-corrected chi connectivity index (χ4v) is 1.12. The molecule has 0 radical (unpaired) electrons. The van der Waals surface area contributed by atoms with Crippen molar-refractivity contribution in [1.29, 1.82) is 5.26 Å². The van der Waals surface area contributed by atoms with Crippen LogP contribution in [-0.4, -0.2) is 19.0 Å². The van der Waals surface area contributed by atoms with Crippen LogP contribution in [0.1, 0.15) is 16.8 Å². The van der Waals surface area contributed by atoms with Crippen molar-refractivity contribution < 1.29 is 14.3 Å². The van der Waals surface area contributed by atoms with Gasteiger partial charge in [0.05, 0.1) is 18.7 Å². The number of benzene rings is 1. The summed E-state index contributed by atoms with van der Waals surface area (Å²) in [6.45, 7) is 0. The van der Waals surface area contributed by atoms with Gasteiger partial charge in [-0.1, -0.05) is 6.07 Å². The number of amides is 1. The van der Waals surface area contributed by atoms with Gasteiger partial charge in [0, 0.05) is 5.69 Å². The summed E-state index contributed by atoms with van der Waals surface area (Å²) in [5.74, 6) is -0.888. The number of nitrogens with one attached hydrogen (secondary N) is 1. The molecule has 0 aliphatic heterocycles. The summed E-state index contributed by atoms with van der Waals surface area (Å²) < 4.78 is 4.54. The average Bonchev–Trinajstić information content (AvgIpc) is 2.28. The Kier molecular flexibility index (Phi) is 4.04. The lowest BCUT2D eigenvalue weighted by Gasteiger charge is -2.04. The topological polar surface area (TPSA) is 79.2 Å². The van der Waals surface area contributed by atoms with E-state index >= 15 is 0 Å². The highest BCUT2D eigenvalue weighted by atomic mass is 16.5. The summed E-state index contributed by atoms with van der Waals surface area (Å²) in [7, 11) is 1.28. The van der Waals surface area contributed by atoms with E-state index in [4.69, 9.17) is 5.26 Å². The lowest BCUT2D eigenvalue weighted by Crippen LogP contribution is -2.11. The van der Waals surface area contributed by atoms with Crippen molar-refractivity contribution >= 4 is 17.6 Å². The number of rotatable bonds is 3. The smallest absolute Gasteiger partial charge is 0.337 e. The zero-order valence-electron chi connectivity index (χ0n) is 8.69. The van der Waals surface area contributed by atoms with Gasteiger partial charge in [-0.05, 0) is 18.2 Å². The minimum atomic E-state index is -0.476. The number of nitriles is 1. The highest BCUT2D eigenvalue weighted by Gasteiger charge is 2.07. The molecule has 0 saturated carbocycles. The minimum absolute atomic E-state index is 0.220. The average molecular weight is 218 g/mol. The van der Waals surface area contributed by atoms with Gasteiger partial charge in [0.25, 0.3) is 0 Å². The lowest BCUT2D eigenvalue weighted by molar-refractivity contribution is -0.115. The third-order valence-electron chi connectivity index (χ3n) is 1.81. The van der Waals surface area contributed by atoms with Crippen LogP contribution in [0.15, 0.2) is 24.3 Å². The van der Waals surface area contributed by atoms with Crippen LogP contribution in [0.4, 0.5) is 5.69 Å². The maximum Gasteiger partial charge on any atom is 0.337 e. The summed E-state index contributed by atoms with van der Waals surface area (Å²) >= 11 is 0. The number of methoxy groups -OCH3 is 1. The number of hydrogen-bond donors (Lipinski definition) is 1. The van der Waals surface area contributed by atoms with Crippen LogP contribution in [0.3, 0.4) is 0 Å². The van der Waals surface area contributed by atoms with Crippen LogP contribution in [0.5, 0.6) is 0 Å². The molecule has 5 heteroatoms. The third kappa shape index (κ3) is 3.10. The van der Waals surface area contributed by atoms with Crippen molar-refractivity contribution in [3.8, 4) is 6.07 Å². The van der Waals surface area contributed by atoms with Crippen molar-refractivity contribution in [3.05, 3.63) is 29.8 Å². The Morgan fingerprint density at radius 2 is 2.25 bits per heavy atom. The van der Waals surface area contributed by atoms with Crippen molar-refractivity contribution in [3.63, 3.8) is 0 Å². The number of carbonyl (C=O) groups excluding carboxylic acids is 2. The summed E-state index contributed by atoms with van der Waals surface area (Å²) in [5.41, 5.74) is 0.806. The molecule has 0 bridgehead atoms. The van der Waals surface area contributed by atoms with Crippen LogP contribution >= 0.6 is 0 Å². The Labute approximate surface area is 92.6 Å². The zero-order valence-corrected chi connectivity index (χ0v) is 8.69. The predicted octanol–water partition coefficient (Wildman–Crippen LogP) is 1.33. The number of anilines is 1.